The topological polar surface area (TPSA) is 53.6 Å². The van der Waals surface area contributed by atoms with Gasteiger partial charge >= 0.3 is 0 Å². The molecule has 2 rings (SSSR count). The monoisotopic (exact) mass is 213 g/mol. The molecule has 0 aliphatic carbocycles. The highest BCUT2D eigenvalue weighted by atomic mass is 16.5. The first-order valence-electron chi connectivity index (χ1n) is 5.63. The SMILES string of the molecule is O=CC(C1CNCCN1)N1CCOCC1. The lowest BCUT2D eigenvalue weighted by molar-refractivity contribution is -0.115. The Balaban J connectivity index is 1.91. The predicted molar refractivity (Wildman–Crippen MR) is 56.9 cm³/mol. The molecule has 0 saturated carbocycles. The van der Waals surface area contributed by atoms with Crippen LogP contribution < -0.4 is 10.6 Å². The molecule has 2 heterocycles. The van der Waals surface area contributed by atoms with Gasteiger partial charge in [0.15, 0.2) is 0 Å². The Kier molecular flexibility index (Phi) is 4.08. The van der Waals surface area contributed by atoms with Crippen LogP contribution in [0.25, 0.3) is 0 Å². The Hall–Kier alpha value is -0.490. The molecular formula is C10H19N3O2. The van der Waals surface area contributed by atoms with Gasteiger partial charge in [0.05, 0.1) is 19.3 Å². The highest BCUT2D eigenvalue weighted by Gasteiger charge is 2.29. The van der Waals surface area contributed by atoms with Crippen LogP contribution in [-0.4, -0.2) is 69.2 Å². The molecule has 15 heavy (non-hydrogen) atoms. The van der Waals surface area contributed by atoms with Gasteiger partial charge < -0.3 is 20.2 Å². The second kappa shape index (κ2) is 5.55. The van der Waals surface area contributed by atoms with E-state index in [1.165, 1.54) is 0 Å². The Morgan fingerprint density at radius 1 is 1.33 bits per heavy atom. The lowest BCUT2D eigenvalue weighted by atomic mass is 10.1. The summed E-state index contributed by atoms with van der Waals surface area (Å²) in [5.74, 6) is 0. The first kappa shape index (κ1) is 11.0. The normalized spacial score (nSPS) is 31.1. The average Bonchev–Trinajstić information content (AvgIpc) is 2.33. The van der Waals surface area contributed by atoms with Crippen LogP contribution in [0.5, 0.6) is 0 Å². The number of ether oxygens (including phenoxy) is 1. The number of rotatable bonds is 3. The van der Waals surface area contributed by atoms with Gasteiger partial charge in [0.25, 0.3) is 0 Å². The first-order valence-corrected chi connectivity index (χ1v) is 5.63. The minimum atomic E-state index is -0.0123. The van der Waals surface area contributed by atoms with Crippen LogP contribution in [0.3, 0.4) is 0 Å². The van der Waals surface area contributed by atoms with E-state index in [1.807, 2.05) is 0 Å². The first-order chi connectivity index (χ1) is 7.42. The molecule has 5 heteroatoms. The van der Waals surface area contributed by atoms with Crippen molar-refractivity contribution in [2.75, 3.05) is 45.9 Å². The van der Waals surface area contributed by atoms with E-state index < -0.39 is 0 Å². The van der Waals surface area contributed by atoms with Crippen molar-refractivity contribution < 1.29 is 9.53 Å². The maximum absolute atomic E-state index is 11.2. The van der Waals surface area contributed by atoms with Gasteiger partial charge in [-0.05, 0) is 0 Å². The zero-order valence-corrected chi connectivity index (χ0v) is 8.95. The molecule has 86 valence electrons. The number of piperazine rings is 1. The van der Waals surface area contributed by atoms with E-state index >= 15 is 0 Å². The average molecular weight is 213 g/mol. The second-order valence-corrected chi connectivity index (χ2v) is 4.04. The number of carbonyl (C=O) groups excluding carboxylic acids is 1. The Bertz CT molecular complexity index is 183. The maximum atomic E-state index is 11.2. The summed E-state index contributed by atoms with van der Waals surface area (Å²) >= 11 is 0. The zero-order valence-electron chi connectivity index (χ0n) is 8.95. The number of morpholine rings is 1. The van der Waals surface area contributed by atoms with Gasteiger partial charge in [0.1, 0.15) is 6.29 Å². The van der Waals surface area contributed by atoms with Crippen LogP contribution in [0.2, 0.25) is 0 Å². The van der Waals surface area contributed by atoms with Crippen LogP contribution in [0.4, 0.5) is 0 Å². The molecule has 0 bridgehead atoms. The molecule has 2 aliphatic rings. The summed E-state index contributed by atoms with van der Waals surface area (Å²) in [6, 6.07) is 0.232. The van der Waals surface area contributed by atoms with Crippen molar-refractivity contribution in [3.8, 4) is 0 Å². The molecule has 2 saturated heterocycles. The van der Waals surface area contributed by atoms with Gasteiger partial charge in [0, 0.05) is 38.8 Å². The summed E-state index contributed by atoms with van der Waals surface area (Å²) < 4.78 is 5.29. The molecule has 0 aromatic heterocycles. The van der Waals surface area contributed by atoms with Crippen LogP contribution in [0, 0.1) is 0 Å². The molecule has 0 amide bonds. The smallest absolute Gasteiger partial charge is 0.138 e. The highest BCUT2D eigenvalue weighted by molar-refractivity contribution is 5.59. The molecule has 2 unspecified atom stereocenters. The lowest BCUT2D eigenvalue weighted by Crippen LogP contribution is -2.61. The molecule has 2 fully saturated rings. The third kappa shape index (κ3) is 2.75. The fraction of sp³-hybridized carbons (Fsp3) is 0.900. The largest absolute Gasteiger partial charge is 0.379 e. The quantitative estimate of drug-likeness (QED) is 0.556. The van der Waals surface area contributed by atoms with Crippen molar-refractivity contribution in [2.24, 2.45) is 0 Å². The van der Waals surface area contributed by atoms with Crippen LogP contribution in [0.1, 0.15) is 0 Å². The van der Waals surface area contributed by atoms with Gasteiger partial charge in [-0.25, -0.2) is 0 Å². The highest BCUT2D eigenvalue weighted by Crippen LogP contribution is 2.07. The second-order valence-electron chi connectivity index (χ2n) is 4.04. The molecule has 0 aromatic carbocycles. The summed E-state index contributed by atoms with van der Waals surface area (Å²) in [7, 11) is 0. The van der Waals surface area contributed by atoms with E-state index in [9.17, 15) is 4.79 Å². The van der Waals surface area contributed by atoms with Gasteiger partial charge in [-0.1, -0.05) is 0 Å². The van der Waals surface area contributed by atoms with Crippen molar-refractivity contribution in [3.05, 3.63) is 0 Å². The Morgan fingerprint density at radius 2 is 2.13 bits per heavy atom. The third-order valence-electron chi connectivity index (χ3n) is 3.09. The summed E-state index contributed by atoms with van der Waals surface area (Å²) in [4.78, 5) is 13.4. The van der Waals surface area contributed by atoms with Gasteiger partial charge in [-0.3, -0.25) is 4.90 Å². The molecule has 2 aliphatic heterocycles. The Labute approximate surface area is 90.1 Å². The van der Waals surface area contributed by atoms with E-state index in [1.54, 1.807) is 0 Å². The van der Waals surface area contributed by atoms with E-state index in [0.29, 0.717) is 0 Å². The van der Waals surface area contributed by atoms with Crippen molar-refractivity contribution in [1.82, 2.24) is 15.5 Å². The molecular weight excluding hydrogens is 194 g/mol. The zero-order chi connectivity index (χ0) is 10.5. The number of nitrogens with one attached hydrogen (secondary N) is 2. The molecule has 0 aromatic rings. The van der Waals surface area contributed by atoms with E-state index in [-0.39, 0.29) is 12.1 Å². The van der Waals surface area contributed by atoms with E-state index in [0.717, 1.165) is 52.2 Å². The Morgan fingerprint density at radius 3 is 2.73 bits per heavy atom. The van der Waals surface area contributed by atoms with Crippen molar-refractivity contribution in [2.45, 2.75) is 12.1 Å². The summed E-state index contributed by atoms with van der Waals surface area (Å²) in [5, 5.41) is 6.70. The predicted octanol–water partition coefficient (Wildman–Crippen LogP) is -1.55. The summed E-state index contributed by atoms with van der Waals surface area (Å²) in [6.07, 6.45) is 1.07. The summed E-state index contributed by atoms with van der Waals surface area (Å²) in [6.45, 7) is 6.02. The number of hydrogen-bond donors (Lipinski definition) is 2. The fourth-order valence-electron chi connectivity index (χ4n) is 2.23. The number of aldehydes is 1. The summed E-state index contributed by atoms with van der Waals surface area (Å²) in [5.41, 5.74) is 0. The molecule has 0 spiro atoms. The number of hydrogen-bond acceptors (Lipinski definition) is 5. The van der Waals surface area contributed by atoms with Crippen molar-refractivity contribution in [1.29, 1.82) is 0 Å². The minimum Gasteiger partial charge on any atom is -0.379 e. The van der Waals surface area contributed by atoms with Gasteiger partial charge in [0.2, 0.25) is 0 Å². The van der Waals surface area contributed by atoms with Gasteiger partial charge in [-0.15, -0.1) is 0 Å². The van der Waals surface area contributed by atoms with Gasteiger partial charge in [-0.2, -0.15) is 0 Å². The molecule has 5 nitrogen and oxygen atoms in total. The van der Waals surface area contributed by atoms with Crippen molar-refractivity contribution >= 4 is 6.29 Å². The standard InChI is InChI=1S/C10H19N3O2/c14-8-10(9-7-11-1-2-12-9)13-3-5-15-6-4-13/h8-12H,1-7H2. The molecule has 0 radical (unpaired) electrons. The van der Waals surface area contributed by atoms with E-state index in [2.05, 4.69) is 15.5 Å². The fourth-order valence-corrected chi connectivity index (χ4v) is 2.23. The maximum Gasteiger partial charge on any atom is 0.138 e. The minimum absolute atomic E-state index is 0.0123. The third-order valence-corrected chi connectivity index (χ3v) is 3.09. The molecule has 2 atom stereocenters. The van der Waals surface area contributed by atoms with Crippen LogP contribution in [-0.2, 0) is 9.53 Å². The van der Waals surface area contributed by atoms with Crippen LogP contribution >= 0.6 is 0 Å². The number of carbonyl (C=O) groups is 1. The molecule has 2 N–H and O–H groups in total. The van der Waals surface area contributed by atoms with Crippen molar-refractivity contribution in [3.63, 3.8) is 0 Å². The number of nitrogens with zero attached hydrogens (tertiary/aromatic N) is 1. The van der Waals surface area contributed by atoms with E-state index in [4.69, 9.17) is 4.74 Å². The van der Waals surface area contributed by atoms with Crippen LogP contribution in [0.15, 0.2) is 0 Å². The lowest BCUT2D eigenvalue weighted by Gasteiger charge is -2.38.